The summed E-state index contributed by atoms with van der Waals surface area (Å²) in [6.45, 7) is 3.57. The second kappa shape index (κ2) is 8.66. The molecule has 3 aromatic rings. The number of nitrogens with zero attached hydrogens (tertiary/aromatic N) is 1. The molecule has 1 aliphatic rings. The average Bonchev–Trinajstić information content (AvgIpc) is 3.39. The molecule has 0 radical (unpaired) electrons. The molecule has 2 aromatic carbocycles. The molecule has 0 atom stereocenters. The number of hydrogen-bond acceptors (Lipinski definition) is 7. The van der Waals surface area contributed by atoms with E-state index in [1.165, 1.54) is 20.3 Å². The lowest BCUT2D eigenvalue weighted by Crippen LogP contribution is -2.15. The average molecular weight is 437 g/mol. The number of benzene rings is 2. The lowest BCUT2D eigenvalue weighted by atomic mass is 10.1. The quantitative estimate of drug-likeness (QED) is 0.410. The van der Waals surface area contributed by atoms with Crippen LogP contribution in [-0.4, -0.2) is 43.9 Å². The van der Waals surface area contributed by atoms with E-state index in [-0.39, 0.29) is 24.7 Å². The van der Waals surface area contributed by atoms with Crippen molar-refractivity contribution in [2.75, 3.05) is 27.6 Å². The number of esters is 1. The van der Waals surface area contributed by atoms with Crippen molar-refractivity contribution in [2.24, 2.45) is 0 Å². The van der Waals surface area contributed by atoms with Gasteiger partial charge < -0.3 is 28.3 Å². The molecule has 0 saturated carbocycles. The fraction of sp³-hybridized carbons (Fsp3) is 0.250. The predicted molar refractivity (Wildman–Crippen MR) is 116 cm³/mol. The Balaban J connectivity index is 1.50. The molecule has 0 N–H and O–H groups in total. The largest absolute Gasteiger partial charge is 0.493 e. The van der Waals surface area contributed by atoms with Crippen molar-refractivity contribution in [3.63, 3.8) is 0 Å². The van der Waals surface area contributed by atoms with Crippen LogP contribution in [-0.2, 0) is 4.74 Å². The summed E-state index contributed by atoms with van der Waals surface area (Å²) in [6.07, 6.45) is 0. The molecule has 0 unspecified atom stereocenters. The maximum absolute atomic E-state index is 12.8. The monoisotopic (exact) mass is 437 g/mol. The fourth-order valence-electron chi connectivity index (χ4n) is 3.72. The molecule has 0 spiro atoms. The summed E-state index contributed by atoms with van der Waals surface area (Å²) in [5, 5.41) is 0. The normalized spacial score (nSPS) is 11.9. The van der Waals surface area contributed by atoms with Crippen LogP contribution in [0.5, 0.6) is 23.0 Å². The molecule has 0 aliphatic carbocycles. The first-order valence-electron chi connectivity index (χ1n) is 9.94. The van der Waals surface area contributed by atoms with E-state index >= 15 is 0 Å². The fourth-order valence-corrected chi connectivity index (χ4v) is 3.72. The number of fused-ring (bicyclic) bond motifs is 1. The highest BCUT2D eigenvalue weighted by atomic mass is 16.7. The third-order valence-corrected chi connectivity index (χ3v) is 5.30. The first-order valence-corrected chi connectivity index (χ1v) is 9.94. The highest BCUT2D eigenvalue weighted by Gasteiger charge is 2.21. The summed E-state index contributed by atoms with van der Waals surface area (Å²) < 4.78 is 28.4. The van der Waals surface area contributed by atoms with Crippen molar-refractivity contribution in [2.45, 2.75) is 13.8 Å². The number of carbonyl (C=O) groups excluding carboxylic acids is 2. The number of carbonyl (C=O) groups is 2. The van der Waals surface area contributed by atoms with Gasteiger partial charge in [0.05, 0.1) is 19.8 Å². The van der Waals surface area contributed by atoms with E-state index in [0.29, 0.717) is 28.6 Å². The van der Waals surface area contributed by atoms with Gasteiger partial charge in [0.25, 0.3) is 0 Å². The van der Waals surface area contributed by atoms with Crippen LogP contribution >= 0.6 is 0 Å². The Labute approximate surface area is 185 Å². The van der Waals surface area contributed by atoms with E-state index in [1.807, 2.05) is 36.6 Å². The predicted octanol–water partition coefficient (Wildman–Crippen LogP) is 3.88. The molecule has 32 heavy (non-hydrogen) atoms. The summed E-state index contributed by atoms with van der Waals surface area (Å²) in [4.78, 5) is 25.3. The standard InChI is InChI=1S/C24H23NO7/c1-14-9-18(15(2)25(14)17-6-8-21-23(11-17)32-13-31-21)19(26)12-30-24(27)16-5-7-20(28-3)22(10-16)29-4/h5-11H,12-13H2,1-4H3. The molecule has 0 amide bonds. The highest BCUT2D eigenvalue weighted by Crippen LogP contribution is 2.35. The minimum absolute atomic E-state index is 0.192. The summed E-state index contributed by atoms with van der Waals surface area (Å²) in [5.41, 5.74) is 3.22. The van der Waals surface area contributed by atoms with Crippen LogP contribution in [0.25, 0.3) is 5.69 Å². The minimum Gasteiger partial charge on any atom is -0.493 e. The van der Waals surface area contributed by atoms with E-state index < -0.39 is 5.97 Å². The van der Waals surface area contributed by atoms with Gasteiger partial charge in [-0.05, 0) is 50.2 Å². The summed E-state index contributed by atoms with van der Waals surface area (Å²) >= 11 is 0. The molecule has 0 bridgehead atoms. The number of hydrogen-bond donors (Lipinski definition) is 0. The van der Waals surface area contributed by atoms with Crippen molar-refractivity contribution in [1.29, 1.82) is 0 Å². The number of ether oxygens (including phenoxy) is 5. The molecule has 1 aromatic heterocycles. The van der Waals surface area contributed by atoms with Gasteiger partial charge in [0, 0.05) is 28.7 Å². The van der Waals surface area contributed by atoms with Crippen LogP contribution < -0.4 is 18.9 Å². The SMILES string of the molecule is COc1ccc(C(=O)OCC(=O)c2cc(C)n(-c3ccc4c(c3)OCO4)c2C)cc1OC. The molecular weight excluding hydrogens is 414 g/mol. The highest BCUT2D eigenvalue weighted by molar-refractivity contribution is 6.00. The summed E-state index contributed by atoms with van der Waals surface area (Å²) in [5.74, 6) is 1.33. The van der Waals surface area contributed by atoms with Gasteiger partial charge in [-0.15, -0.1) is 0 Å². The van der Waals surface area contributed by atoms with E-state index in [4.69, 9.17) is 23.7 Å². The molecule has 4 rings (SSSR count). The topological polar surface area (TPSA) is 85.2 Å². The molecule has 166 valence electrons. The minimum atomic E-state index is -0.621. The number of methoxy groups -OCH3 is 2. The first-order chi connectivity index (χ1) is 15.4. The van der Waals surface area contributed by atoms with Gasteiger partial charge in [-0.3, -0.25) is 4.79 Å². The zero-order valence-corrected chi connectivity index (χ0v) is 18.3. The van der Waals surface area contributed by atoms with Crippen molar-refractivity contribution >= 4 is 11.8 Å². The Kier molecular flexibility index (Phi) is 5.77. The van der Waals surface area contributed by atoms with Crippen LogP contribution in [0, 0.1) is 13.8 Å². The number of aromatic nitrogens is 1. The van der Waals surface area contributed by atoms with Gasteiger partial charge in [-0.25, -0.2) is 4.79 Å². The first kappa shape index (κ1) is 21.3. The van der Waals surface area contributed by atoms with Crippen LogP contribution in [0.1, 0.15) is 32.1 Å². The molecular formula is C24H23NO7. The number of aryl methyl sites for hydroxylation is 1. The van der Waals surface area contributed by atoms with E-state index in [2.05, 4.69) is 0 Å². The van der Waals surface area contributed by atoms with Crippen molar-refractivity contribution in [1.82, 2.24) is 4.57 Å². The lowest BCUT2D eigenvalue weighted by molar-refractivity contribution is 0.0474. The van der Waals surface area contributed by atoms with Gasteiger partial charge in [-0.1, -0.05) is 0 Å². The second-order valence-electron chi connectivity index (χ2n) is 7.23. The van der Waals surface area contributed by atoms with Gasteiger partial charge in [0.1, 0.15) is 0 Å². The number of rotatable bonds is 7. The summed E-state index contributed by atoms with van der Waals surface area (Å²) in [7, 11) is 2.99. The van der Waals surface area contributed by atoms with E-state index in [9.17, 15) is 9.59 Å². The molecule has 0 saturated heterocycles. The Bertz CT molecular complexity index is 1200. The maximum atomic E-state index is 12.8. The number of ketones is 1. The van der Waals surface area contributed by atoms with Crippen LogP contribution in [0.15, 0.2) is 42.5 Å². The van der Waals surface area contributed by atoms with E-state index in [0.717, 1.165) is 17.1 Å². The summed E-state index contributed by atoms with van der Waals surface area (Å²) in [6, 6.07) is 12.1. The Morgan fingerprint density at radius 3 is 2.44 bits per heavy atom. The van der Waals surface area contributed by atoms with E-state index in [1.54, 1.807) is 18.2 Å². The van der Waals surface area contributed by atoms with Gasteiger partial charge in [0.2, 0.25) is 12.6 Å². The molecule has 8 heteroatoms. The van der Waals surface area contributed by atoms with Crippen molar-refractivity contribution in [3.05, 3.63) is 65.0 Å². The zero-order valence-electron chi connectivity index (χ0n) is 18.3. The zero-order chi connectivity index (χ0) is 22.8. The smallest absolute Gasteiger partial charge is 0.338 e. The lowest BCUT2D eigenvalue weighted by Gasteiger charge is -2.11. The van der Waals surface area contributed by atoms with Crippen LogP contribution in [0.3, 0.4) is 0 Å². The molecule has 2 heterocycles. The van der Waals surface area contributed by atoms with Gasteiger partial charge in [-0.2, -0.15) is 0 Å². The van der Waals surface area contributed by atoms with Crippen LogP contribution in [0.4, 0.5) is 0 Å². The maximum Gasteiger partial charge on any atom is 0.338 e. The Hall–Kier alpha value is -3.94. The Morgan fingerprint density at radius 1 is 0.938 bits per heavy atom. The third kappa shape index (κ3) is 3.87. The van der Waals surface area contributed by atoms with Gasteiger partial charge >= 0.3 is 5.97 Å². The van der Waals surface area contributed by atoms with Crippen molar-refractivity contribution < 1.29 is 33.3 Å². The van der Waals surface area contributed by atoms with Crippen LogP contribution in [0.2, 0.25) is 0 Å². The molecule has 1 aliphatic heterocycles. The third-order valence-electron chi connectivity index (χ3n) is 5.30. The second-order valence-corrected chi connectivity index (χ2v) is 7.23. The van der Waals surface area contributed by atoms with Crippen molar-refractivity contribution in [3.8, 4) is 28.7 Å². The van der Waals surface area contributed by atoms with Gasteiger partial charge in [0.15, 0.2) is 29.6 Å². The number of Topliss-reactive ketones (excluding diaryl/α,β-unsaturated/α-hetero) is 1. The molecule has 0 fully saturated rings. The molecule has 8 nitrogen and oxygen atoms in total. The Morgan fingerprint density at radius 2 is 1.69 bits per heavy atom.